The molecule has 3 amide bonds. The van der Waals surface area contributed by atoms with Crippen LogP contribution in [-0.2, 0) is 14.4 Å². The van der Waals surface area contributed by atoms with Gasteiger partial charge in [-0.1, -0.05) is 26.2 Å². The molecule has 0 aromatic heterocycles. The molecule has 0 aromatic rings. The van der Waals surface area contributed by atoms with Crippen LogP contribution in [0.15, 0.2) is 0 Å². The molecule has 0 aromatic carbocycles. The van der Waals surface area contributed by atoms with Gasteiger partial charge in [0.1, 0.15) is 5.54 Å². The molecular weight excluding hydrogens is 258 g/mol. The van der Waals surface area contributed by atoms with Gasteiger partial charge in [-0.15, -0.1) is 0 Å². The molecule has 6 heteroatoms. The lowest BCUT2D eigenvalue weighted by atomic mass is 9.80. The van der Waals surface area contributed by atoms with Crippen molar-refractivity contribution in [3.05, 3.63) is 0 Å². The van der Waals surface area contributed by atoms with E-state index in [1.807, 2.05) is 0 Å². The predicted molar refractivity (Wildman–Crippen MR) is 73.5 cm³/mol. The molecule has 20 heavy (non-hydrogen) atoms. The van der Waals surface area contributed by atoms with Crippen LogP contribution in [0.4, 0.5) is 0 Å². The number of carbonyl (C=O) groups is 3. The van der Waals surface area contributed by atoms with E-state index in [1.54, 1.807) is 6.92 Å². The Balaban J connectivity index is 2.01. The molecule has 2 unspecified atom stereocenters. The molecule has 1 aliphatic heterocycles. The maximum absolute atomic E-state index is 12.3. The van der Waals surface area contributed by atoms with Crippen LogP contribution in [0.2, 0.25) is 0 Å². The summed E-state index contributed by atoms with van der Waals surface area (Å²) in [5, 5.41) is 5.66. The highest BCUT2D eigenvalue weighted by molar-refractivity contribution is 5.91. The summed E-state index contributed by atoms with van der Waals surface area (Å²) in [4.78, 5) is 35.3. The van der Waals surface area contributed by atoms with E-state index in [0.717, 1.165) is 19.3 Å². The summed E-state index contributed by atoms with van der Waals surface area (Å²) in [5.74, 6) is -1.01. The van der Waals surface area contributed by atoms with Gasteiger partial charge < -0.3 is 16.4 Å². The molecule has 112 valence electrons. The zero-order chi connectivity index (χ0) is 14.8. The van der Waals surface area contributed by atoms with Crippen LogP contribution in [0.3, 0.4) is 0 Å². The minimum atomic E-state index is -0.897. The second-order valence-electron chi connectivity index (χ2n) is 6.00. The molecule has 0 spiro atoms. The fourth-order valence-corrected chi connectivity index (χ4v) is 3.13. The lowest BCUT2D eigenvalue weighted by Gasteiger charge is -2.36. The van der Waals surface area contributed by atoms with Crippen molar-refractivity contribution >= 4 is 17.7 Å². The molecule has 0 bridgehead atoms. The first-order valence-corrected chi connectivity index (χ1v) is 7.36. The minimum absolute atomic E-state index is 0.0167. The molecule has 2 atom stereocenters. The standard InChI is InChI=1S/C14H23N3O3/c1-9(10-5-6-11(18)16-10)12(19)17-14(13(15)20)7-3-2-4-8-14/h9-10H,2-8H2,1H3,(H2,15,20)(H,16,18)(H,17,19). The Kier molecular flexibility index (Phi) is 4.30. The third kappa shape index (κ3) is 2.94. The fraction of sp³-hybridized carbons (Fsp3) is 0.786. The zero-order valence-electron chi connectivity index (χ0n) is 11.9. The van der Waals surface area contributed by atoms with Gasteiger partial charge in [0.15, 0.2) is 0 Å². The SMILES string of the molecule is CC(C(=O)NC1(C(N)=O)CCCCC1)C1CCC(=O)N1. The van der Waals surface area contributed by atoms with Gasteiger partial charge in [0.2, 0.25) is 17.7 Å². The van der Waals surface area contributed by atoms with Crippen LogP contribution in [-0.4, -0.2) is 29.3 Å². The van der Waals surface area contributed by atoms with Crippen LogP contribution in [0.25, 0.3) is 0 Å². The Hall–Kier alpha value is -1.59. The number of carbonyl (C=O) groups excluding carboxylic acids is 3. The lowest BCUT2D eigenvalue weighted by Crippen LogP contribution is -2.60. The topological polar surface area (TPSA) is 101 Å². The monoisotopic (exact) mass is 281 g/mol. The van der Waals surface area contributed by atoms with Crippen molar-refractivity contribution in [1.29, 1.82) is 0 Å². The molecule has 6 nitrogen and oxygen atoms in total. The van der Waals surface area contributed by atoms with Gasteiger partial charge in [-0.2, -0.15) is 0 Å². The highest BCUT2D eigenvalue weighted by Crippen LogP contribution is 2.28. The summed E-state index contributed by atoms with van der Waals surface area (Å²) in [5.41, 5.74) is 4.61. The number of rotatable bonds is 4. The Morgan fingerprint density at radius 3 is 2.50 bits per heavy atom. The first-order valence-electron chi connectivity index (χ1n) is 7.36. The molecule has 2 fully saturated rings. The van der Waals surface area contributed by atoms with E-state index < -0.39 is 11.4 Å². The van der Waals surface area contributed by atoms with Gasteiger partial charge in [-0.25, -0.2) is 0 Å². The highest BCUT2D eigenvalue weighted by Gasteiger charge is 2.41. The van der Waals surface area contributed by atoms with Gasteiger partial charge in [0.25, 0.3) is 0 Å². The number of nitrogens with two attached hydrogens (primary N) is 1. The van der Waals surface area contributed by atoms with Gasteiger partial charge in [0.05, 0.1) is 5.92 Å². The van der Waals surface area contributed by atoms with Crippen LogP contribution < -0.4 is 16.4 Å². The van der Waals surface area contributed by atoms with Gasteiger partial charge >= 0.3 is 0 Å². The van der Waals surface area contributed by atoms with Gasteiger partial charge in [-0.05, 0) is 19.3 Å². The first kappa shape index (κ1) is 14.8. The summed E-state index contributed by atoms with van der Waals surface area (Å²) in [7, 11) is 0. The summed E-state index contributed by atoms with van der Waals surface area (Å²) in [6.45, 7) is 1.78. The molecule has 0 radical (unpaired) electrons. The minimum Gasteiger partial charge on any atom is -0.368 e. The predicted octanol–water partition coefficient (Wildman–Crippen LogP) is 0.205. The Morgan fingerprint density at radius 1 is 1.35 bits per heavy atom. The molecule has 4 N–H and O–H groups in total. The number of primary amides is 1. The Morgan fingerprint density at radius 2 is 2.00 bits per heavy atom. The van der Waals surface area contributed by atoms with Crippen LogP contribution in [0, 0.1) is 5.92 Å². The van der Waals surface area contributed by atoms with Crippen LogP contribution >= 0.6 is 0 Å². The molecule has 1 heterocycles. The van der Waals surface area contributed by atoms with Crippen molar-refractivity contribution in [2.75, 3.05) is 0 Å². The lowest BCUT2D eigenvalue weighted by molar-refractivity contribution is -0.135. The molecule has 1 saturated heterocycles. The summed E-state index contributed by atoms with van der Waals surface area (Å²) in [6.07, 6.45) is 5.21. The second kappa shape index (κ2) is 5.81. The van der Waals surface area contributed by atoms with Gasteiger partial charge in [0, 0.05) is 12.5 Å². The number of amides is 3. The van der Waals surface area contributed by atoms with Crippen molar-refractivity contribution in [2.24, 2.45) is 11.7 Å². The molecule has 2 rings (SSSR count). The third-order valence-corrected chi connectivity index (χ3v) is 4.59. The van der Waals surface area contributed by atoms with E-state index in [-0.39, 0.29) is 23.8 Å². The second-order valence-corrected chi connectivity index (χ2v) is 6.00. The van der Waals surface area contributed by atoms with E-state index in [4.69, 9.17) is 5.73 Å². The van der Waals surface area contributed by atoms with E-state index in [2.05, 4.69) is 10.6 Å². The van der Waals surface area contributed by atoms with Crippen molar-refractivity contribution < 1.29 is 14.4 Å². The number of hydrogen-bond acceptors (Lipinski definition) is 3. The first-order chi connectivity index (χ1) is 9.44. The number of nitrogens with one attached hydrogen (secondary N) is 2. The van der Waals surface area contributed by atoms with E-state index in [1.165, 1.54) is 0 Å². The molecule has 2 aliphatic rings. The summed E-state index contributed by atoms with van der Waals surface area (Å²) < 4.78 is 0. The summed E-state index contributed by atoms with van der Waals surface area (Å²) in [6, 6.07) is -0.143. The Labute approximate surface area is 118 Å². The number of hydrogen-bond donors (Lipinski definition) is 3. The van der Waals surface area contributed by atoms with Crippen LogP contribution in [0.1, 0.15) is 51.9 Å². The smallest absolute Gasteiger partial charge is 0.243 e. The molecule has 1 saturated carbocycles. The molecular formula is C14H23N3O3. The highest BCUT2D eigenvalue weighted by atomic mass is 16.2. The average molecular weight is 281 g/mol. The normalized spacial score (nSPS) is 26.6. The zero-order valence-corrected chi connectivity index (χ0v) is 11.9. The molecule has 1 aliphatic carbocycles. The maximum Gasteiger partial charge on any atom is 0.243 e. The Bertz CT molecular complexity index is 416. The van der Waals surface area contributed by atoms with E-state index in [0.29, 0.717) is 25.7 Å². The van der Waals surface area contributed by atoms with Crippen molar-refractivity contribution in [3.63, 3.8) is 0 Å². The largest absolute Gasteiger partial charge is 0.368 e. The quantitative estimate of drug-likeness (QED) is 0.686. The third-order valence-electron chi connectivity index (χ3n) is 4.59. The summed E-state index contributed by atoms with van der Waals surface area (Å²) >= 11 is 0. The maximum atomic E-state index is 12.3. The average Bonchev–Trinajstić information content (AvgIpc) is 2.85. The van der Waals surface area contributed by atoms with E-state index in [9.17, 15) is 14.4 Å². The van der Waals surface area contributed by atoms with Crippen molar-refractivity contribution in [1.82, 2.24) is 10.6 Å². The van der Waals surface area contributed by atoms with Crippen molar-refractivity contribution in [3.8, 4) is 0 Å². The fourth-order valence-electron chi connectivity index (χ4n) is 3.13. The van der Waals surface area contributed by atoms with Crippen LogP contribution in [0.5, 0.6) is 0 Å². The van der Waals surface area contributed by atoms with E-state index >= 15 is 0 Å². The van der Waals surface area contributed by atoms with Gasteiger partial charge in [-0.3, -0.25) is 14.4 Å². The van der Waals surface area contributed by atoms with Crippen molar-refractivity contribution in [2.45, 2.75) is 63.5 Å².